The van der Waals surface area contributed by atoms with Gasteiger partial charge in [-0.25, -0.2) is 4.68 Å². The van der Waals surface area contributed by atoms with Crippen molar-refractivity contribution in [2.75, 3.05) is 12.4 Å². The molecular weight excluding hydrogens is 286 g/mol. The van der Waals surface area contributed by atoms with Gasteiger partial charge in [-0.2, -0.15) is 5.10 Å². The summed E-state index contributed by atoms with van der Waals surface area (Å²) < 4.78 is 7.13. The van der Waals surface area contributed by atoms with Gasteiger partial charge in [0.1, 0.15) is 5.75 Å². The Labute approximate surface area is 136 Å². The topological polar surface area (TPSA) is 39.1 Å². The molecule has 0 radical (unpaired) electrons. The molecule has 1 aromatic heterocycles. The van der Waals surface area contributed by atoms with E-state index in [1.54, 1.807) is 7.11 Å². The maximum Gasteiger partial charge on any atom is 0.118 e. The summed E-state index contributed by atoms with van der Waals surface area (Å²) in [5, 5.41) is 7.93. The van der Waals surface area contributed by atoms with Gasteiger partial charge in [-0.15, -0.1) is 0 Å². The Bertz CT molecular complexity index is 773. The number of aryl methyl sites for hydroxylation is 2. The first-order valence-corrected chi connectivity index (χ1v) is 7.66. The van der Waals surface area contributed by atoms with Crippen molar-refractivity contribution in [3.8, 4) is 11.4 Å². The predicted molar refractivity (Wildman–Crippen MR) is 93.4 cm³/mol. The zero-order chi connectivity index (χ0) is 16.2. The summed E-state index contributed by atoms with van der Waals surface area (Å²) in [6, 6.07) is 18.5. The van der Waals surface area contributed by atoms with Gasteiger partial charge in [-0.1, -0.05) is 12.1 Å². The van der Waals surface area contributed by atoms with E-state index in [-0.39, 0.29) is 0 Å². The van der Waals surface area contributed by atoms with Crippen LogP contribution in [0, 0.1) is 13.8 Å². The summed E-state index contributed by atoms with van der Waals surface area (Å²) in [7, 11) is 1.68. The van der Waals surface area contributed by atoms with Crippen LogP contribution < -0.4 is 10.1 Å². The quantitative estimate of drug-likeness (QED) is 0.771. The summed E-state index contributed by atoms with van der Waals surface area (Å²) in [6.07, 6.45) is 0. The highest BCUT2D eigenvalue weighted by Gasteiger charge is 2.03. The molecule has 0 aliphatic carbocycles. The number of methoxy groups -OCH3 is 1. The van der Waals surface area contributed by atoms with Crippen LogP contribution in [0.3, 0.4) is 0 Å². The van der Waals surface area contributed by atoms with Gasteiger partial charge in [-0.3, -0.25) is 0 Å². The van der Waals surface area contributed by atoms with Crippen molar-refractivity contribution in [2.24, 2.45) is 0 Å². The van der Waals surface area contributed by atoms with Crippen molar-refractivity contribution in [3.63, 3.8) is 0 Å². The van der Waals surface area contributed by atoms with E-state index in [9.17, 15) is 0 Å². The van der Waals surface area contributed by atoms with Gasteiger partial charge >= 0.3 is 0 Å². The second-order valence-corrected chi connectivity index (χ2v) is 5.59. The summed E-state index contributed by atoms with van der Waals surface area (Å²) >= 11 is 0. The molecule has 118 valence electrons. The largest absolute Gasteiger partial charge is 0.497 e. The SMILES string of the molecule is COc1ccc(CNc2ccc(-n3nc(C)cc3C)cc2)cc1. The van der Waals surface area contributed by atoms with E-state index in [4.69, 9.17) is 4.74 Å². The molecule has 3 rings (SSSR count). The molecule has 2 aromatic carbocycles. The molecule has 0 saturated heterocycles. The molecule has 3 aromatic rings. The standard InChI is InChI=1S/C19H21N3O/c1-14-12-15(2)22(21-14)18-8-6-17(7-9-18)20-13-16-4-10-19(23-3)11-5-16/h4-12,20H,13H2,1-3H3. The van der Waals surface area contributed by atoms with Crippen molar-refractivity contribution in [1.29, 1.82) is 0 Å². The number of hydrogen-bond acceptors (Lipinski definition) is 3. The molecule has 0 bridgehead atoms. The van der Waals surface area contributed by atoms with E-state index in [0.29, 0.717) is 0 Å². The Balaban J connectivity index is 1.66. The zero-order valence-electron chi connectivity index (χ0n) is 13.7. The van der Waals surface area contributed by atoms with Crippen molar-refractivity contribution in [3.05, 3.63) is 71.5 Å². The van der Waals surface area contributed by atoms with Crippen molar-refractivity contribution in [1.82, 2.24) is 9.78 Å². The van der Waals surface area contributed by atoms with Crippen LogP contribution in [-0.4, -0.2) is 16.9 Å². The maximum atomic E-state index is 5.17. The summed E-state index contributed by atoms with van der Waals surface area (Å²) in [6.45, 7) is 4.85. The average Bonchev–Trinajstić information content (AvgIpc) is 2.92. The third-order valence-electron chi connectivity index (χ3n) is 3.78. The van der Waals surface area contributed by atoms with Crippen molar-refractivity contribution in [2.45, 2.75) is 20.4 Å². The Kier molecular flexibility index (Phi) is 4.33. The van der Waals surface area contributed by atoms with Gasteiger partial charge in [0.25, 0.3) is 0 Å². The molecule has 0 unspecified atom stereocenters. The second kappa shape index (κ2) is 6.57. The van der Waals surface area contributed by atoms with E-state index in [1.807, 2.05) is 23.7 Å². The minimum atomic E-state index is 0.781. The van der Waals surface area contributed by atoms with Crippen molar-refractivity contribution >= 4 is 5.69 Å². The number of rotatable bonds is 5. The number of anilines is 1. The first kappa shape index (κ1) is 15.2. The zero-order valence-corrected chi connectivity index (χ0v) is 13.7. The van der Waals surface area contributed by atoms with Gasteiger partial charge in [0.05, 0.1) is 18.5 Å². The molecule has 0 amide bonds. The molecule has 0 atom stereocenters. The molecule has 1 N–H and O–H groups in total. The normalized spacial score (nSPS) is 10.6. The summed E-state index contributed by atoms with van der Waals surface area (Å²) in [4.78, 5) is 0. The van der Waals surface area contributed by atoms with Crippen molar-refractivity contribution < 1.29 is 4.74 Å². The lowest BCUT2D eigenvalue weighted by molar-refractivity contribution is 0.414. The van der Waals surface area contributed by atoms with Gasteiger partial charge < -0.3 is 10.1 Å². The highest BCUT2D eigenvalue weighted by Crippen LogP contribution is 2.17. The van der Waals surface area contributed by atoms with E-state index < -0.39 is 0 Å². The number of hydrogen-bond donors (Lipinski definition) is 1. The Morgan fingerprint density at radius 1 is 1.00 bits per heavy atom. The fourth-order valence-electron chi connectivity index (χ4n) is 2.56. The molecule has 0 aliphatic rings. The number of ether oxygens (including phenoxy) is 1. The van der Waals surface area contributed by atoms with E-state index in [2.05, 4.69) is 59.8 Å². The van der Waals surface area contributed by atoms with Crippen LogP contribution in [0.15, 0.2) is 54.6 Å². The first-order chi connectivity index (χ1) is 11.2. The van der Waals surface area contributed by atoms with Crippen LogP contribution in [0.4, 0.5) is 5.69 Å². The number of nitrogens with one attached hydrogen (secondary N) is 1. The number of nitrogens with zero attached hydrogens (tertiary/aromatic N) is 2. The lowest BCUT2D eigenvalue weighted by Crippen LogP contribution is -2.01. The van der Waals surface area contributed by atoms with Gasteiger partial charge in [0, 0.05) is 17.9 Å². The van der Waals surface area contributed by atoms with Crippen LogP contribution in [0.2, 0.25) is 0 Å². The Morgan fingerprint density at radius 2 is 1.70 bits per heavy atom. The fraction of sp³-hybridized carbons (Fsp3) is 0.211. The third-order valence-corrected chi connectivity index (χ3v) is 3.78. The molecule has 0 saturated carbocycles. The van der Waals surface area contributed by atoms with Crippen LogP contribution in [0.1, 0.15) is 17.0 Å². The second-order valence-electron chi connectivity index (χ2n) is 5.59. The molecule has 0 aliphatic heterocycles. The molecule has 0 fully saturated rings. The van der Waals surface area contributed by atoms with Crippen LogP contribution >= 0.6 is 0 Å². The molecule has 4 nitrogen and oxygen atoms in total. The summed E-state index contributed by atoms with van der Waals surface area (Å²) in [5.74, 6) is 0.878. The van der Waals surface area contributed by atoms with Gasteiger partial charge in [0.2, 0.25) is 0 Å². The Hall–Kier alpha value is -2.75. The third kappa shape index (κ3) is 3.54. The molecular formula is C19H21N3O. The first-order valence-electron chi connectivity index (χ1n) is 7.66. The summed E-state index contributed by atoms with van der Waals surface area (Å²) in [5.41, 5.74) is 5.55. The maximum absolute atomic E-state index is 5.17. The molecule has 23 heavy (non-hydrogen) atoms. The van der Waals surface area contributed by atoms with Crippen LogP contribution in [0.5, 0.6) is 5.75 Å². The molecule has 1 heterocycles. The smallest absolute Gasteiger partial charge is 0.118 e. The molecule has 0 spiro atoms. The highest BCUT2D eigenvalue weighted by atomic mass is 16.5. The number of aromatic nitrogens is 2. The lowest BCUT2D eigenvalue weighted by Gasteiger charge is -2.09. The minimum absolute atomic E-state index is 0.781. The Morgan fingerprint density at radius 3 is 2.26 bits per heavy atom. The van der Waals surface area contributed by atoms with E-state index >= 15 is 0 Å². The molecule has 4 heteroatoms. The van der Waals surface area contributed by atoms with E-state index in [1.165, 1.54) is 5.56 Å². The fourth-order valence-corrected chi connectivity index (χ4v) is 2.56. The minimum Gasteiger partial charge on any atom is -0.497 e. The average molecular weight is 307 g/mol. The number of benzene rings is 2. The van der Waals surface area contributed by atoms with Gasteiger partial charge in [0.15, 0.2) is 0 Å². The highest BCUT2D eigenvalue weighted by molar-refractivity contribution is 5.49. The van der Waals surface area contributed by atoms with Crippen LogP contribution in [-0.2, 0) is 6.54 Å². The van der Waals surface area contributed by atoms with E-state index in [0.717, 1.165) is 35.1 Å². The van der Waals surface area contributed by atoms with Gasteiger partial charge in [-0.05, 0) is 61.9 Å². The monoisotopic (exact) mass is 307 g/mol. The predicted octanol–water partition coefficient (Wildman–Crippen LogP) is 4.11. The lowest BCUT2D eigenvalue weighted by atomic mass is 10.2. The van der Waals surface area contributed by atoms with Crippen LogP contribution in [0.25, 0.3) is 5.69 Å².